The number of aliphatic hydroxyl groups excluding tert-OH is 4. The van der Waals surface area contributed by atoms with Crippen molar-refractivity contribution in [3.63, 3.8) is 0 Å². The molecule has 0 saturated carbocycles. The molecule has 16 N–H and O–H groups in total. The smallest absolute Gasteiger partial charge is 0.340 e. The zero-order valence-electron chi connectivity index (χ0n) is 37.8. The molecule has 1 aliphatic heterocycles. The number of urea groups is 1. The standard InChI is InChI=1S/C37H60N12O18S.Fe/c1-17(51)47(65)12-5-8-20(38)30(57)40-21(9-6-13-48(66)18(2)52)31(58)41-22(10-7-14-49(67)19(3)53)32(59)42-23(16-50)33(60)44-25(35(61)62)26(54)29-27(55)28(56)34(68-29)46-15-11-24(43-36(39)63)45(4)37(46)64;/h11,15,20-23,25-29,34,50,54-56,65-67H,5-10,12-14,16,38H2,1-4H3,(H2,39,63)(H,40,57)(H,41,58)(H,42,59)(H,44,60)(H,61,62);/t20-,21-,22-,23-,25+,26-,27+,28+,29+,34+;/m0./s1. The van der Waals surface area contributed by atoms with Gasteiger partial charge in [-0.25, -0.2) is 29.6 Å². The van der Waals surface area contributed by atoms with E-state index in [9.17, 15) is 89.1 Å². The fourth-order valence-corrected chi connectivity index (χ4v) is 8.03. The summed E-state index contributed by atoms with van der Waals surface area (Å²) < 4.78 is 1.78. The average Bonchev–Trinajstić information content (AvgIpc) is 3.56. The number of nitrogens with zero attached hydrogens (tertiary/aromatic N) is 6. The van der Waals surface area contributed by atoms with Gasteiger partial charge in [0.25, 0.3) is 0 Å². The van der Waals surface area contributed by atoms with Gasteiger partial charge in [-0.15, -0.1) is 11.8 Å². The van der Waals surface area contributed by atoms with Crippen molar-refractivity contribution in [2.75, 3.05) is 26.2 Å². The minimum atomic E-state index is -2.31. The van der Waals surface area contributed by atoms with Crippen molar-refractivity contribution in [2.45, 2.75) is 118 Å². The Balaban J connectivity index is 0.0000238. The van der Waals surface area contributed by atoms with Gasteiger partial charge in [0.05, 0.1) is 30.1 Å². The zero-order chi connectivity index (χ0) is 51.7. The van der Waals surface area contributed by atoms with Crippen LogP contribution in [0.5, 0.6) is 0 Å². The number of hydrogen-bond donors (Lipinski definition) is 14. The van der Waals surface area contributed by atoms with Gasteiger partial charge in [0.2, 0.25) is 41.4 Å². The maximum atomic E-state index is 13.8. The molecule has 69 heavy (non-hydrogen) atoms. The van der Waals surface area contributed by atoms with Crippen LogP contribution in [0, 0.1) is 0 Å². The number of primary amides is 1. The summed E-state index contributed by atoms with van der Waals surface area (Å²) in [4.78, 5) is 129. The number of carbonyl (C=O) groups is 9. The van der Waals surface area contributed by atoms with Crippen molar-refractivity contribution in [1.82, 2.24) is 45.6 Å². The van der Waals surface area contributed by atoms with Gasteiger partial charge in [0, 0.05) is 70.7 Å². The number of hydrogen-bond acceptors (Lipinski definition) is 19. The van der Waals surface area contributed by atoms with Crippen LogP contribution in [0.25, 0.3) is 0 Å². The zero-order valence-corrected chi connectivity index (χ0v) is 39.7. The number of aromatic nitrogens is 2. The summed E-state index contributed by atoms with van der Waals surface area (Å²) >= 11 is 0.545. The van der Waals surface area contributed by atoms with E-state index in [0.29, 0.717) is 27.0 Å². The van der Waals surface area contributed by atoms with Crippen LogP contribution in [0.2, 0.25) is 0 Å². The van der Waals surface area contributed by atoms with Crippen LogP contribution in [0.3, 0.4) is 0 Å². The summed E-state index contributed by atoms with van der Waals surface area (Å²) in [6.07, 6.45) is -5.91. The maximum Gasteiger partial charge on any atom is 0.340 e. The Hall–Kier alpha value is -5.54. The average molecular weight is 1050 g/mol. The first-order valence-electron chi connectivity index (χ1n) is 20.8. The fourth-order valence-electron chi connectivity index (χ4n) is 6.46. The van der Waals surface area contributed by atoms with Gasteiger partial charge in [0.15, 0.2) is 6.04 Å². The SMILES string of the molecule is CC(=O)N(O)CCC[C@H](NC(=O)[C@H](CCCN(O)C(C)=O)NC(=O)[C@@H](N)CCCN(O)C(C)=O)C(=O)N[C@@H](CO)C(=O)N[C@@H](C(=O)O)[C@H](O)[C@H]1S[C@@H](n2ccc(=NC(N)=O)n(C)c2=O)[C@H](O)[C@H]1O.[Fe]. The summed E-state index contributed by atoms with van der Waals surface area (Å²) in [6, 6.07) is -8.79. The van der Waals surface area contributed by atoms with Crippen molar-refractivity contribution in [3.05, 3.63) is 28.2 Å². The van der Waals surface area contributed by atoms with Gasteiger partial charge in [0.1, 0.15) is 35.1 Å². The van der Waals surface area contributed by atoms with Gasteiger partial charge in [-0.05, 0) is 44.6 Å². The van der Waals surface area contributed by atoms with E-state index in [-0.39, 0.29) is 74.3 Å². The first-order valence-corrected chi connectivity index (χ1v) is 21.7. The van der Waals surface area contributed by atoms with Crippen LogP contribution in [-0.4, -0.2) is 199 Å². The van der Waals surface area contributed by atoms with E-state index < -0.39 is 131 Å². The van der Waals surface area contributed by atoms with E-state index in [1.165, 1.54) is 13.1 Å². The molecule has 2 rings (SSSR count). The molecule has 9 amide bonds. The molecule has 0 spiro atoms. The number of nitrogens with one attached hydrogen (secondary N) is 4. The number of rotatable bonds is 25. The number of carboxylic acid groups (broad SMARTS) is 1. The van der Waals surface area contributed by atoms with E-state index in [1.54, 1.807) is 0 Å². The van der Waals surface area contributed by atoms with E-state index in [1.807, 2.05) is 5.32 Å². The number of aliphatic carboxylic acids is 1. The van der Waals surface area contributed by atoms with E-state index in [4.69, 9.17) is 11.5 Å². The minimum absolute atomic E-state index is 0. The molecule has 30 nitrogen and oxygen atoms in total. The van der Waals surface area contributed by atoms with Crippen LogP contribution in [0.15, 0.2) is 22.1 Å². The van der Waals surface area contributed by atoms with Crippen molar-refractivity contribution in [2.24, 2.45) is 23.5 Å². The molecule has 0 radical (unpaired) electrons. The van der Waals surface area contributed by atoms with E-state index in [0.717, 1.165) is 36.1 Å². The molecule has 10 atom stereocenters. The number of thioether (sulfide) groups is 1. The van der Waals surface area contributed by atoms with E-state index in [2.05, 4.69) is 20.9 Å². The first-order chi connectivity index (χ1) is 31.7. The predicted octanol–water partition coefficient (Wildman–Crippen LogP) is -6.74. The molecular formula is C37H60FeN12O18S. The van der Waals surface area contributed by atoms with Gasteiger partial charge in [-0.1, -0.05) is 0 Å². The van der Waals surface area contributed by atoms with E-state index >= 15 is 0 Å². The molecule has 0 unspecified atom stereocenters. The third-order valence-electron chi connectivity index (χ3n) is 10.4. The third kappa shape index (κ3) is 18.4. The summed E-state index contributed by atoms with van der Waals surface area (Å²) in [5.74, 6) is -8.71. The molecule has 390 valence electrons. The number of carboxylic acids is 1. The van der Waals surface area contributed by atoms with Crippen molar-refractivity contribution in [1.29, 1.82) is 0 Å². The third-order valence-corrected chi connectivity index (χ3v) is 12.0. The maximum absolute atomic E-state index is 13.8. The van der Waals surface area contributed by atoms with Crippen LogP contribution < -0.4 is 43.9 Å². The summed E-state index contributed by atoms with van der Waals surface area (Å²) in [5.41, 5.74) is 9.99. The van der Waals surface area contributed by atoms with Crippen LogP contribution in [0.1, 0.15) is 64.7 Å². The Morgan fingerprint density at radius 3 is 1.62 bits per heavy atom. The van der Waals surface area contributed by atoms with Crippen molar-refractivity contribution < 1.29 is 101 Å². The summed E-state index contributed by atoms with van der Waals surface area (Å²) in [7, 11) is 1.21. The normalized spacial score (nSPS) is 19.3. The molecule has 2 heterocycles. The Morgan fingerprint density at radius 2 is 1.19 bits per heavy atom. The topological polar surface area (TPSA) is 465 Å². The molecular weight excluding hydrogens is 988 g/mol. The molecule has 1 aliphatic rings. The van der Waals surface area contributed by atoms with Crippen LogP contribution in [-0.2, 0) is 62.5 Å². The second-order valence-electron chi connectivity index (χ2n) is 15.5. The van der Waals surface area contributed by atoms with Gasteiger partial charge in [-0.3, -0.25) is 58.3 Å². The van der Waals surface area contributed by atoms with Gasteiger partial charge < -0.3 is 58.3 Å². The molecule has 0 aliphatic carbocycles. The number of aliphatic hydroxyl groups is 4. The molecule has 1 fully saturated rings. The predicted molar refractivity (Wildman–Crippen MR) is 229 cm³/mol. The Morgan fingerprint density at radius 1 is 0.754 bits per heavy atom. The molecule has 0 bridgehead atoms. The van der Waals surface area contributed by atoms with Crippen molar-refractivity contribution in [3.8, 4) is 0 Å². The Bertz CT molecular complexity index is 2130. The Labute approximate surface area is 407 Å². The second-order valence-corrected chi connectivity index (χ2v) is 16.8. The second kappa shape index (κ2) is 28.8. The molecule has 1 saturated heterocycles. The Kier molecular flexibility index (Phi) is 25.7. The molecule has 0 aromatic carbocycles. The summed E-state index contributed by atoms with van der Waals surface area (Å²) in [6.45, 7) is 1.07. The quantitative estimate of drug-likeness (QED) is 0.0246. The van der Waals surface area contributed by atoms with Crippen molar-refractivity contribution >= 4 is 65.1 Å². The molecule has 1 aromatic rings. The van der Waals surface area contributed by atoms with Crippen LogP contribution in [0.4, 0.5) is 4.79 Å². The van der Waals surface area contributed by atoms with Crippen LogP contribution >= 0.6 is 11.8 Å². The van der Waals surface area contributed by atoms with Gasteiger partial charge >= 0.3 is 17.7 Å². The number of carbonyl (C=O) groups excluding carboxylic acids is 8. The van der Waals surface area contributed by atoms with Gasteiger partial charge in [-0.2, -0.15) is 4.99 Å². The monoisotopic (exact) mass is 1050 g/mol. The molecule has 1 aromatic heterocycles. The number of amides is 9. The largest absolute Gasteiger partial charge is 0.480 e. The first kappa shape index (κ1) is 61.5. The summed E-state index contributed by atoms with van der Waals surface area (Å²) in [5, 5.41) is 89.5. The fraction of sp³-hybridized carbons (Fsp3) is 0.649. The molecule has 32 heteroatoms. The number of nitrogens with two attached hydrogens (primary N) is 2. The number of hydroxylamine groups is 6. The minimum Gasteiger partial charge on any atom is -0.480 e.